The number of fused-ring (bicyclic) bond motifs is 1. The Morgan fingerprint density at radius 3 is 2.21 bits per heavy atom. The van der Waals surface area contributed by atoms with Crippen molar-refractivity contribution in [3.05, 3.63) is 74.6 Å². The molecule has 2 aromatic carbocycles. The molecule has 8 nitrogen and oxygen atoms in total. The molecule has 1 amide bonds. The van der Waals surface area contributed by atoms with Crippen LogP contribution in [-0.4, -0.2) is 41.3 Å². The Morgan fingerprint density at radius 1 is 0.976 bits per heavy atom. The van der Waals surface area contributed by atoms with E-state index in [0.29, 0.717) is 59.5 Å². The van der Waals surface area contributed by atoms with Crippen LogP contribution < -0.4 is 10.7 Å². The van der Waals surface area contributed by atoms with E-state index in [1.807, 2.05) is 86.6 Å². The molecule has 1 N–H and O–H groups in total. The van der Waals surface area contributed by atoms with Crippen LogP contribution in [-0.2, 0) is 9.47 Å². The summed E-state index contributed by atoms with van der Waals surface area (Å²) in [5.74, 6) is 0.267. The lowest BCUT2D eigenvalue weighted by Crippen LogP contribution is -2.41. The standard InChI is InChI=1S/C34H44N2O6/c1-20-18-25(22(3)35-27-13-11-10-12-24(27)31(38)41-33(4,5)6)30-26(19-20)28(37)21(2)29(40-30)23-14-16-36(17-15-23)32(39)42-34(7,8)9/h10-13,18-19,22-23,35H,14-17H2,1-9H3. The highest BCUT2D eigenvalue weighted by Crippen LogP contribution is 2.35. The van der Waals surface area contributed by atoms with Crippen molar-refractivity contribution in [3.63, 3.8) is 0 Å². The van der Waals surface area contributed by atoms with E-state index >= 15 is 0 Å². The van der Waals surface area contributed by atoms with E-state index in [4.69, 9.17) is 13.9 Å². The molecule has 42 heavy (non-hydrogen) atoms. The second-order valence-electron chi connectivity index (χ2n) is 13.3. The van der Waals surface area contributed by atoms with Gasteiger partial charge in [-0.2, -0.15) is 0 Å². The molecule has 226 valence electrons. The SMILES string of the molecule is Cc1cc(C(C)Nc2ccccc2C(=O)OC(C)(C)C)c2oc(C3CCN(C(=O)OC(C)(C)C)CC3)c(C)c(=O)c2c1. The van der Waals surface area contributed by atoms with Gasteiger partial charge in [-0.25, -0.2) is 9.59 Å². The van der Waals surface area contributed by atoms with Gasteiger partial charge >= 0.3 is 12.1 Å². The number of esters is 1. The first-order valence-electron chi connectivity index (χ1n) is 14.7. The summed E-state index contributed by atoms with van der Waals surface area (Å²) >= 11 is 0. The highest BCUT2D eigenvalue weighted by atomic mass is 16.6. The minimum atomic E-state index is -0.622. The number of hydrogen-bond acceptors (Lipinski definition) is 7. The lowest BCUT2D eigenvalue weighted by Gasteiger charge is -2.33. The lowest BCUT2D eigenvalue weighted by atomic mass is 9.90. The van der Waals surface area contributed by atoms with Crippen LogP contribution in [0.1, 0.15) is 106 Å². The average Bonchev–Trinajstić information content (AvgIpc) is 2.89. The Morgan fingerprint density at radius 2 is 1.60 bits per heavy atom. The number of anilines is 1. The number of likely N-dealkylation sites (tertiary alicyclic amines) is 1. The third-order valence-corrected chi connectivity index (χ3v) is 7.33. The van der Waals surface area contributed by atoms with Crippen molar-refractivity contribution in [1.82, 2.24) is 4.90 Å². The Hall–Kier alpha value is -3.81. The molecule has 1 atom stereocenters. The fourth-order valence-corrected chi connectivity index (χ4v) is 5.38. The van der Waals surface area contributed by atoms with Crippen molar-refractivity contribution >= 4 is 28.7 Å². The van der Waals surface area contributed by atoms with E-state index in [1.165, 1.54) is 0 Å². The van der Waals surface area contributed by atoms with Crippen LogP contribution in [0.5, 0.6) is 0 Å². The van der Waals surface area contributed by atoms with Gasteiger partial charge in [-0.3, -0.25) is 4.79 Å². The summed E-state index contributed by atoms with van der Waals surface area (Å²) in [5.41, 5.74) is 2.76. The molecule has 0 saturated carbocycles. The normalized spacial score (nSPS) is 15.4. The molecular weight excluding hydrogens is 532 g/mol. The number of carbonyl (C=O) groups excluding carboxylic acids is 2. The molecule has 1 aliphatic heterocycles. The summed E-state index contributed by atoms with van der Waals surface area (Å²) in [7, 11) is 0. The zero-order chi connectivity index (χ0) is 31.0. The molecule has 1 saturated heterocycles. The van der Waals surface area contributed by atoms with Gasteiger partial charge in [-0.1, -0.05) is 18.2 Å². The smallest absolute Gasteiger partial charge is 0.410 e. The molecule has 1 fully saturated rings. The lowest BCUT2D eigenvalue weighted by molar-refractivity contribution is 0.00696. The number of rotatable bonds is 5. The first kappa shape index (κ1) is 31.1. The minimum Gasteiger partial charge on any atom is -0.460 e. The van der Waals surface area contributed by atoms with Crippen molar-refractivity contribution in [2.24, 2.45) is 0 Å². The van der Waals surface area contributed by atoms with Gasteiger partial charge in [0.15, 0.2) is 5.43 Å². The summed E-state index contributed by atoms with van der Waals surface area (Å²) in [6.45, 7) is 17.9. The average molecular weight is 577 g/mol. The third kappa shape index (κ3) is 7.15. The van der Waals surface area contributed by atoms with Gasteiger partial charge in [0.1, 0.15) is 22.5 Å². The van der Waals surface area contributed by atoms with Crippen molar-refractivity contribution in [2.75, 3.05) is 18.4 Å². The second-order valence-corrected chi connectivity index (χ2v) is 13.3. The maximum Gasteiger partial charge on any atom is 0.410 e. The zero-order valence-corrected chi connectivity index (χ0v) is 26.3. The van der Waals surface area contributed by atoms with Gasteiger partial charge in [0.05, 0.1) is 17.0 Å². The van der Waals surface area contributed by atoms with E-state index in [9.17, 15) is 14.4 Å². The number of hydrogen-bond donors (Lipinski definition) is 1. The van der Waals surface area contributed by atoms with E-state index < -0.39 is 17.2 Å². The van der Waals surface area contributed by atoms with E-state index in [0.717, 1.165) is 11.1 Å². The fraction of sp³-hybridized carbons (Fsp3) is 0.500. The van der Waals surface area contributed by atoms with E-state index in [1.54, 1.807) is 17.0 Å². The summed E-state index contributed by atoms with van der Waals surface area (Å²) in [6.07, 6.45) is 1.03. The van der Waals surface area contributed by atoms with Crippen LogP contribution in [0.2, 0.25) is 0 Å². The molecule has 0 aliphatic carbocycles. The van der Waals surface area contributed by atoms with Crippen molar-refractivity contribution in [2.45, 2.75) is 98.3 Å². The number of carbonyl (C=O) groups is 2. The van der Waals surface area contributed by atoms with Crippen molar-refractivity contribution in [3.8, 4) is 0 Å². The number of benzene rings is 2. The second kappa shape index (κ2) is 11.8. The van der Waals surface area contributed by atoms with Crippen LogP contribution in [0, 0.1) is 13.8 Å². The van der Waals surface area contributed by atoms with Gasteiger partial charge in [0, 0.05) is 35.8 Å². The van der Waals surface area contributed by atoms with Gasteiger partial charge in [-0.05, 0) is 98.9 Å². The van der Waals surface area contributed by atoms with Gasteiger partial charge in [0.2, 0.25) is 0 Å². The number of ether oxygens (including phenoxy) is 2. The summed E-state index contributed by atoms with van der Waals surface area (Å²) < 4.78 is 17.8. The van der Waals surface area contributed by atoms with Gasteiger partial charge in [-0.15, -0.1) is 0 Å². The molecule has 3 aromatic rings. The van der Waals surface area contributed by atoms with Crippen LogP contribution in [0.4, 0.5) is 10.5 Å². The first-order valence-corrected chi connectivity index (χ1v) is 14.7. The molecule has 0 radical (unpaired) electrons. The van der Waals surface area contributed by atoms with Crippen LogP contribution in [0.3, 0.4) is 0 Å². The fourth-order valence-electron chi connectivity index (χ4n) is 5.38. The Kier molecular flexibility index (Phi) is 8.76. The number of para-hydroxylation sites is 1. The predicted octanol–water partition coefficient (Wildman–Crippen LogP) is 7.65. The summed E-state index contributed by atoms with van der Waals surface area (Å²) in [5, 5.41) is 4.00. The van der Waals surface area contributed by atoms with Crippen LogP contribution in [0.15, 0.2) is 45.6 Å². The highest BCUT2D eigenvalue weighted by molar-refractivity contribution is 5.96. The number of nitrogens with zero attached hydrogens (tertiary/aromatic N) is 1. The molecule has 1 aliphatic rings. The van der Waals surface area contributed by atoms with E-state index in [-0.39, 0.29) is 23.5 Å². The molecule has 4 rings (SSSR count). The Balaban J connectivity index is 1.66. The topological polar surface area (TPSA) is 98.1 Å². The Labute approximate surface area is 248 Å². The molecule has 1 aromatic heterocycles. The summed E-state index contributed by atoms with van der Waals surface area (Å²) in [6, 6.07) is 10.9. The van der Waals surface area contributed by atoms with Gasteiger partial charge in [0.25, 0.3) is 0 Å². The monoisotopic (exact) mass is 576 g/mol. The van der Waals surface area contributed by atoms with Crippen molar-refractivity contribution < 1.29 is 23.5 Å². The molecule has 0 bridgehead atoms. The predicted molar refractivity (Wildman–Crippen MR) is 165 cm³/mol. The quantitative estimate of drug-likeness (QED) is 0.312. The zero-order valence-electron chi connectivity index (χ0n) is 26.3. The summed E-state index contributed by atoms with van der Waals surface area (Å²) in [4.78, 5) is 40.9. The molecule has 1 unspecified atom stereocenters. The maximum absolute atomic E-state index is 13.7. The largest absolute Gasteiger partial charge is 0.460 e. The molecule has 0 spiro atoms. The maximum atomic E-state index is 13.7. The van der Waals surface area contributed by atoms with Gasteiger partial charge < -0.3 is 24.1 Å². The number of amides is 1. The molecule has 2 heterocycles. The Bertz CT molecular complexity index is 1530. The number of aryl methyl sites for hydroxylation is 1. The van der Waals surface area contributed by atoms with Crippen LogP contribution >= 0.6 is 0 Å². The van der Waals surface area contributed by atoms with Crippen LogP contribution in [0.25, 0.3) is 11.0 Å². The number of piperidine rings is 1. The molecular formula is C34H44N2O6. The third-order valence-electron chi connectivity index (χ3n) is 7.33. The highest BCUT2D eigenvalue weighted by Gasteiger charge is 2.31. The number of nitrogens with one attached hydrogen (secondary N) is 1. The molecule has 8 heteroatoms. The van der Waals surface area contributed by atoms with Crippen molar-refractivity contribution in [1.29, 1.82) is 0 Å². The first-order chi connectivity index (χ1) is 19.5. The van der Waals surface area contributed by atoms with E-state index in [2.05, 4.69) is 5.32 Å². The minimum absolute atomic E-state index is 0.00565.